The fourth-order valence-corrected chi connectivity index (χ4v) is 2.78. The highest BCUT2D eigenvalue weighted by atomic mass is 127. The summed E-state index contributed by atoms with van der Waals surface area (Å²) in [6, 6.07) is 12.4. The number of aromatic hydroxyl groups is 1. The van der Waals surface area contributed by atoms with Gasteiger partial charge in [-0.15, -0.1) is 0 Å². The van der Waals surface area contributed by atoms with Crippen LogP contribution < -0.4 is 4.72 Å². The number of anilines is 1. The van der Waals surface area contributed by atoms with E-state index in [1.54, 1.807) is 12.1 Å². The SMILES string of the molecule is O=S(=O)(Nc1ccc(I)cc1)c1ccc(O)cc1. The Morgan fingerprint density at radius 3 is 2.06 bits per heavy atom. The zero-order valence-electron chi connectivity index (χ0n) is 9.17. The molecule has 2 rings (SSSR count). The van der Waals surface area contributed by atoms with Crippen LogP contribution in [-0.4, -0.2) is 13.5 Å². The van der Waals surface area contributed by atoms with E-state index in [-0.39, 0.29) is 10.6 Å². The van der Waals surface area contributed by atoms with Crippen LogP contribution in [0.4, 0.5) is 5.69 Å². The molecule has 6 heteroatoms. The fraction of sp³-hybridized carbons (Fsp3) is 0. The summed E-state index contributed by atoms with van der Waals surface area (Å²) in [5.41, 5.74) is 0.503. The average molecular weight is 375 g/mol. The van der Waals surface area contributed by atoms with Gasteiger partial charge in [0.15, 0.2) is 0 Å². The molecule has 0 saturated carbocycles. The number of benzene rings is 2. The van der Waals surface area contributed by atoms with Gasteiger partial charge in [0.2, 0.25) is 0 Å². The molecule has 18 heavy (non-hydrogen) atoms. The van der Waals surface area contributed by atoms with Crippen molar-refractivity contribution in [1.82, 2.24) is 0 Å². The van der Waals surface area contributed by atoms with Crippen molar-refractivity contribution in [2.75, 3.05) is 4.72 Å². The van der Waals surface area contributed by atoms with E-state index in [9.17, 15) is 8.42 Å². The molecule has 0 heterocycles. The number of rotatable bonds is 3. The summed E-state index contributed by atoms with van der Waals surface area (Å²) in [7, 11) is -3.61. The molecule has 2 aromatic rings. The van der Waals surface area contributed by atoms with Gasteiger partial charge in [-0.3, -0.25) is 4.72 Å². The molecule has 0 atom stereocenters. The Bertz CT molecular complexity index is 636. The van der Waals surface area contributed by atoms with E-state index in [0.29, 0.717) is 5.69 Å². The van der Waals surface area contributed by atoms with Crippen molar-refractivity contribution in [3.63, 3.8) is 0 Å². The Morgan fingerprint density at radius 2 is 1.50 bits per heavy atom. The lowest BCUT2D eigenvalue weighted by atomic mass is 10.3. The molecule has 94 valence electrons. The molecular weight excluding hydrogens is 365 g/mol. The van der Waals surface area contributed by atoms with Gasteiger partial charge in [0.1, 0.15) is 5.75 Å². The van der Waals surface area contributed by atoms with E-state index in [1.165, 1.54) is 24.3 Å². The number of phenolic OH excluding ortho intramolecular Hbond substituents is 1. The van der Waals surface area contributed by atoms with Gasteiger partial charge >= 0.3 is 0 Å². The van der Waals surface area contributed by atoms with Crippen LogP contribution in [0.3, 0.4) is 0 Å². The van der Waals surface area contributed by atoms with Crippen molar-refractivity contribution < 1.29 is 13.5 Å². The standard InChI is InChI=1S/C12H10INO3S/c13-9-1-3-10(4-2-9)14-18(16,17)12-7-5-11(15)6-8-12/h1-8,14-15H. The quantitative estimate of drug-likeness (QED) is 0.811. The van der Waals surface area contributed by atoms with E-state index >= 15 is 0 Å². The fourth-order valence-electron chi connectivity index (χ4n) is 1.36. The van der Waals surface area contributed by atoms with Crippen molar-refractivity contribution in [1.29, 1.82) is 0 Å². The van der Waals surface area contributed by atoms with Crippen LogP contribution in [0.5, 0.6) is 5.75 Å². The molecule has 0 fully saturated rings. The van der Waals surface area contributed by atoms with Crippen LogP contribution in [0.15, 0.2) is 53.4 Å². The molecule has 2 aromatic carbocycles. The predicted molar refractivity (Wildman–Crippen MR) is 78.1 cm³/mol. The molecule has 0 aliphatic carbocycles. The van der Waals surface area contributed by atoms with E-state index < -0.39 is 10.0 Å². The summed E-state index contributed by atoms with van der Waals surface area (Å²) in [5.74, 6) is 0.0308. The molecule has 0 radical (unpaired) electrons. The highest BCUT2D eigenvalue weighted by molar-refractivity contribution is 14.1. The van der Waals surface area contributed by atoms with Gasteiger partial charge < -0.3 is 5.11 Å². The Morgan fingerprint density at radius 1 is 0.944 bits per heavy atom. The molecule has 4 nitrogen and oxygen atoms in total. The Balaban J connectivity index is 2.27. The van der Waals surface area contributed by atoms with Crippen LogP contribution in [-0.2, 0) is 10.0 Å². The van der Waals surface area contributed by atoms with Gasteiger partial charge in [-0.05, 0) is 71.1 Å². The number of hydrogen-bond donors (Lipinski definition) is 2. The Labute approximate surface area is 119 Å². The van der Waals surface area contributed by atoms with Crippen LogP contribution in [0.2, 0.25) is 0 Å². The predicted octanol–water partition coefficient (Wildman–Crippen LogP) is 2.80. The Kier molecular flexibility index (Phi) is 3.76. The monoisotopic (exact) mass is 375 g/mol. The maximum atomic E-state index is 12.0. The summed E-state index contributed by atoms with van der Waals surface area (Å²) in [5, 5.41) is 9.13. The Hall–Kier alpha value is -1.28. The molecule has 0 unspecified atom stereocenters. The molecular formula is C12H10INO3S. The third-order valence-electron chi connectivity index (χ3n) is 2.24. The minimum Gasteiger partial charge on any atom is -0.508 e. The number of nitrogens with one attached hydrogen (secondary N) is 1. The van der Waals surface area contributed by atoms with Gasteiger partial charge in [-0.25, -0.2) is 8.42 Å². The summed E-state index contributed by atoms with van der Waals surface area (Å²) < 4.78 is 27.5. The van der Waals surface area contributed by atoms with Gasteiger partial charge in [0, 0.05) is 9.26 Å². The van der Waals surface area contributed by atoms with E-state index in [0.717, 1.165) is 3.57 Å². The minimum atomic E-state index is -3.61. The lowest BCUT2D eigenvalue weighted by Crippen LogP contribution is -2.12. The first kappa shape index (κ1) is 13.2. The minimum absolute atomic E-state index is 0.0308. The zero-order valence-corrected chi connectivity index (χ0v) is 12.1. The van der Waals surface area contributed by atoms with Crippen molar-refractivity contribution in [2.24, 2.45) is 0 Å². The van der Waals surface area contributed by atoms with Gasteiger partial charge in [0.25, 0.3) is 10.0 Å². The summed E-state index contributed by atoms with van der Waals surface area (Å²) in [6.45, 7) is 0. The lowest BCUT2D eigenvalue weighted by Gasteiger charge is -2.08. The highest BCUT2D eigenvalue weighted by Crippen LogP contribution is 2.19. The number of hydrogen-bond acceptors (Lipinski definition) is 3. The third kappa shape index (κ3) is 3.14. The second-order valence-corrected chi connectivity index (χ2v) is 6.53. The largest absolute Gasteiger partial charge is 0.508 e. The molecule has 0 aliphatic heterocycles. The molecule has 0 aromatic heterocycles. The van der Waals surface area contributed by atoms with Crippen LogP contribution in [0.1, 0.15) is 0 Å². The van der Waals surface area contributed by atoms with E-state index in [4.69, 9.17) is 5.11 Å². The van der Waals surface area contributed by atoms with E-state index in [1.807, 2.05) is 12.1 Å². The van der Waals surface area contributed by atoms with Gasteiger partial charge in [-0.2, -0.15) is 0 Å². The zero-order chi connectivity index (χ0) is 13.2. The maximum absolute atomic E-state index is 12.0. The number of halogens is 1. The lowest BCUT2D eigenvalue weighted by molar-refractivity contribution is 0.475. The van der Waals surface area contributed by atoms with Crippen LogP contribution in [0.25, 0.3) is 0 Å². The maximum Gasteiger partial charge on any atom is 0.261 e. The second kappa shape index (κ2) is 5.15. The van der Waals surface area contributed by atoms with E-state index in [2.05, 4.69) is 27.3 Å². The first-order valence-corrected chi connectivity index (χ1v) is 7.61. The molecule has 0 amide bonds. The van der Waals surface area contributed by atoms with Crippen molar-refractivity contribution in [3.8, 4) is 5.75 Å². The summed E-state index contributed by atoms with van der Waals surface area (Å²) in [6.07, 6.45) is 0. The third-order valence-corrected chi connectivity index (χ3v) is 4.36. The highest BCUT2D eigenvalue weighted by Gasteiger charge is 2.13. The summed E-state index contributed by atoms with van der Waals surface area (Å²) >= 11 is 2.14. The number of phenols is 1. The number of sulfonamides is 1. The van der Waals surface area contributed by atoms with Crippen LogP contribution >= 0.6 is 22.6 Å². The van der Waals surface area contributed by atoms with Crippen molar-refractivity contribution in [3.05, 3.63) is 52.1 Å². The molecule has 0 bridgehead atoms. The molecule has 0 saturated heterocycles. The summed E-state index contributed by atoms with van der Waals surface area (Å²) in [4.78, 5) is 0.110. The average Bonchev–Trinajstić information content (AvgIpc) is 2.32. The smallest absolute Gasteiger partial charge is 0.261 e. The van der Waals surface area contributed by atoms with Gasteiger partial charge in [0.05, 0.1) is 4.90 Å². The van der Waals surface area contributed by atoms with Crippen molar-refractivity contribution >= 4 is 38.3 Å². The van der Waals surface area contributed by atoms with Crippen LogP contribution in [0, 0.1) is 3.57 Å². The topological polar surface area (TPSA) is 66.4 Å². The normalized spacial score (nSPS) is 11.2. The second-order valence-electron chi connectivity index (χ2n) is 3.61. The molecule has 0 spiro atoms. The first-order valence-electron chi connectivity index (χ1n) is 5.05. The first-order chi connectivity index (χ1) is 8.47. The van der Waals surface area contributed by atoms with Gasteiger partial charge in [-0.1, -0.05) is 0 Å². The molecule has 2 N–H and O–H groups in total. The molecule has 0 aliphatic rings. The van der Waals surface area contributed by atoms with Crippen molar-refractivity contribution in [2.45, 2.75) is 4.90 Å².